The van der Waals surface area contributed by atoms with Gasteiger partial charge in [0.1, 0.15) is 0 Å². The first-order valence-corrected chi connectivity index (χ1v) is 5.51. The molecule has 0 aliphatic rings. The highest BCUT2D eigenvalue weighted by atomic mass is 16.1. The number of rotatable bonds is 3. The lowest BCUT2D eigenvalue weighted by molar-refractivity contribution is -0.111. The van der Waals surface area contributed by atoms with Crippen molar-refractivity contribution in [2.45, 2.75) is 6.92 Å². The standard InChI is InChI=1S/C13H13N3O2/c1-2-3-4-5-12(17)14-9-6-7-10-11(8-9)16-13(18)15-10/h2-8H,1H3,(H,14,17)(H2,15,16,18). The van der Waals surface area contributed by atoms with E-state index in [1.165, 1.54) is 6.08 Å². The van der Waals surface area contributed by atoms with Crippen molar-refractivity contribution in [3.05, 3.63) is 53.0 Å². The molecule has 0 saturated heterocycles. The van der Waals surface area contributed by atoms with E-state index in [4.69, 9.17) is 0 Å². The van der Waals surface area contributed by atoms with Gasteiger partial charge in [0.15, 0.2) is 0 Å². The molecule has 2 rings (SSSR count). The summed E-state index contributed by atoms with van der Waals surface area (Å²) in [7, 11) is 0. The molecule has 92 valence electrons. The van der Waals surface area contributed by atoms with Crippen LogP contribution in [0.15, 0.2) is 47.3 Å². The summed E-state index contributed by atoms with van der Waals surface area (Å²) in [6.45, 7) is 1.87. The van der Waals surface area contributed by atoms with E-state index in [1.807, 2.05) is 13.0 Å². The van der Waals surface area contributed by atoms with E-state index in [-0.39, 0.29) is 11.6 Å². The zero-order valence-corrected chi connectivity index (χ0v) is 9.86. The third-order valence-corrected chi connectivity index (χ3v) is 2.33. The van der Waals surface area contributed by atoms with Gasteiger partial charge in [-0.05, 0) is 25.1 Å². The number of H-pyrrole nitrogens is 2. The number of aromatic amines is 2. The predicted octanol–water partition coefficient (Wildman–Crippen LogP) is 1.93. The first-order chi connectivity index (χ1) is 8.69. The quantitative estimate of drug-likeness (QED) is 0.569. The summed E-state index contributed by atoms with van der Waals surface area (Å²) in [5.41, 5.74) is 1.74. The van der Waals surface area contributed by atoms with E-state index in [0.29, 0.717) is 16.7 Å². The first kappa shape index (κ1) is 11.9. The number of carbonyl (C=O) groups excluding carboxylic acids is 1. The fourth-order valence-electron chi connectivity index (χ4n) is 1.55. The van der Waals surface area contributed by atoms with Crippen molar-refractivity contribution in [1.82, 2.24) is 9.97 Å². The van der Waals surface area contributed by atoms with Crippen LogP contribution in [0, 0.1) is 0 Å². The van der Waals surface area contributed by atoms with Gasteiger partial charge in [0.2, 0.25) is 5.91 Å². The summed E-state index contributed by atoms with van der Waals surface area (Å²) in [6, 6.07) is 5.17. The highest BCUT2D eigenvalue weighted by Crippen LogP contribution is 2.14. The van der Waals surface area contributed by atoms with Gasteiger partial charge in [-0.1, -0.05) is 18.2 Å². The van der Waals surface area contributed by atoms with E-state index in [2.05, 4.69) is 15.3 Å². The number of nitrogens with one attached hydrogen (secondary N) is 3. The molecule has 3 N–H and O–H groups in total. The van der Waals surface area contributed by atoms with Crippen LogP contribution in [0.5, 0.6) is 0 Å². The van der Waals surface area contributed by atoms with Crippen LogP contribution in [-0.2, 0) is 4.79 Å². The lowest BCUT2D eigenvalue weighted by Gasteiger charge is -2.01. The Kier molecular flexibility index (Phi) is 3.43. The van der Waals surface area contributed by atoms with Crippen LogP contribution in [0.4, 0.5) is 5.69 Å². The summed E-state index contributed by atoms with van der Waals surface area (Å²) >= 11 is 0. The number of hydrogen-bond donors (Lipinski definition) is 3. The van der Waals surface area contributed by atoms with Gasteiger partial charge in [0.05, 0.1) is 11.0 Å². The minimum atomic E-state index is -0.263. The summed E-state index contributed by atoms with van der Waals surface area (Å²) in [5, 5.41) is 2.71. The van der Waals surface area contributed by atoms with Crippen molar-refractivity contribution in [3.63, 3.8) is 0 Å². The predicted molar refractivity (Wildman–Crippen MR) is 71.5 cm³/mol. The zero-order valence-electron chi connectivity index (χ0n) is 9.86. The molecular weight excluding hydrogens is 230 g/mol. The van der Waals surface area contributed by atoms with Crippen molar-refractivity contribution in [1.29, 1.82) is 0 Å². The van der Waals surface area contributed by atoms with E-state index in [0.717, 1.165) is 0 Å². The number of carbonyl (C=O) groups is 1. The second-order valence-corrected chi connectivity index (χ2v) is 3.71. The molecule has 2 aromatic rings. The third-order valence-electron chi connectivity index (χ3n) is 2.33. The molecule has 0 spiro atoms. The van der Waals surface area contributed by atoms with Crippen LogP contribution < -0.4 is 11.0 Å². The number of allylic oxidation sites excluding steroid dienone is 3. The topological polar surface area (TPSA) is 77.8 Å². The normalized spacial score (nSPS) is 11.6. The molecule has 18 heavy (non-hydrogen) atoms. The molecule has 1 aromatic heterocycles. The van der Waals surface area contributed by atoms with Crippen LogP contribution in [0.25, 0.3) is 11.0 Å². The number of imidazole rings is 1. The maximum absolute atomic E-state index is 11.5. The summed E-state index contributed by atoms with van der Waals surface area (Å²) in [4.78, 5) is 27.9. The number of amides is 1. The Bertz CT molecular complexity index is 677. The SMILES string of the molecule is CC=CC=CC(=O)Nc1ccc2[nH]c(=O)[nH]c2c1. The van der Waals surface area contributed by atoms with Gasteiger partial charge in [-0.2, -0.15) is 0 Å². The van der Waals surface area contributed by atoms with Crippen LogP contribution in [-0.4, -0.2) is 15.9 Å². The minimum Gasteiger partial charge on any atom is -0.322 e. The summed E-state index contributed by atoms with van der Waals surface area (Å²) in [5.74, 6) is -0.217. The summed E-state index contributed by atoms with van der Waals surface area (Å²) in [6.07, 6.45) is 6.70. The van der Waals surface area contributed by atoms with Gasteiger partial charge in [0, 0.05) is 11.8 Å². The molecule has 0 aliphatic carbocycles. The Morgan fingerprint density at radius 3 is 2.78 bits per heavy atom. The van der Waals surface area contributed by atoms with Crippen molar-refractivity contribution in [2.24, 2.45) is 0 Å². The molecule has 5 nitrogen and oxygen atoms in total. The van der Waals surface area contributed by atoms with Crippen molar-refractivity contribution >= 4 is 22.6 Å². The Morgan fingerprint density at radius 1 is 1.22 bits per heavy atom. The number of hydrogen-bond acceptors (Lipinski definition) is 2. The van der Waals surface area contributed by atoms with Gasteiger partial charge in [-0.3, -0.25) is 4.79 Å². The van der Waals surface area contributed by atoms with Gasteiger partial charge < -0.3 is 15.3 Å². The highest BCUT2D eigenvalue weighted by molar-refractivity contribution is 6.00. The molecule has 0 bridgehead atoms. The molecule has 0 atom stereocenters. The van der Waals surface area contributed by atoms with Gasteiger partial charge in [-0.25, -0.2) is 4.79 Å². The smallest absolute Gasteiger partial charge is 0.322 e. The lowest BCUT2D eigenvalue weighted by atomic mass is 10.2. The van der Waals surface area contributed by atoms with Crippen LogP contribution in [0.2, 0.25) is 0 Å². The van der Waals surface area contributed by atoms with Crippen molar-refractivity contribution in [3.8, 4) is 0 Å². The fourth-order valence-corrected chi connectivity index (χ4v) is 1.55. The Labute approximate surface area is 103 Å². The van der Waals surface area contributed by atoms with Crippen molar-refractivity contribution < 1.29 is 4.79 Å². The average molecular weight is 243 g/mol. The van der Waals surface area contributed by atoms with Gasteiger partial charge >= 0.3 is 5.69 Å². The second-order valence-electron chi connectivity index (χ2n) is 3.71. The lowest BCUT2D eigenvalue weighted by Crippen LogP contribution is -2.07. The summed E-state index contributed by atoms with van der Waals surface area (Å²) < 4.78 is 0. The number of fused-ring (bicyclic) bond motifs is 1. The van der Waals surface area contributed by atoms with Gasteiger partial charge in [0.25, 0.3) is 0 Å². The Morgan fingerprint density at radius 2 is 2.00 bits per heavy atom. The zero-order chi connectivity index (χ0) is 13.0. The van der Waals surface area contributed by atoms with E-state index >= 15 is 0 Å². The molecular formula is C13H13N3O2. The van der Waals surface area contributed by atoms with Crippen LogP contribution in [0.1, 0.15) is 6.92 Å². The highest BCUT2D eigenvalue weighted by Gasteiger charge is 2.01. The molecule has 1 heterocycles. The monoisotopic (exact) mass is 243 g/mol. The average Bonchev–Trinajstić information content (AvgIpc) is 2.69. The maximum Gasteiger partial charge on any atom is 0.323 e. The molecule has 0 saturated carbocycles. The van der Waals surface area contributed by atoms with E-state index in [9.17, 15) is 9.59 Å². The third kappa shape index (κ3) is 2.76. The molecule has 0 aliphatic heterocycles. The van der Waals surface area contributed by atoms with E-state index < -0.39 is 0 Å². The fraction of sp³-hybridized carbons (Fsp3) is 0.0769. The molecule has 0 unspecified atom stereocenters. The van der Waals surface area contributed by atoms with Gasteiger partial charge in [-0.15, -0.1) is 0 Å². The number of benzene rings is 1. The van der Waals surface area contributed by atoms with Crippen LogP contribution >= 0.6 is 0 Å². The second kappa shape index (κ2) is 5.18. The first-order valence-electron chi connectivity index (χ1n) is 5.51. The number of aromatic nitrogens is 2. The largest absolute Gasteiger partial charge is 0.323 e. The number of anilines is 1. The molecule has 0 radical (unpaired) electrons. The Balaban J connectivity index is 2.16. The molecule has 1 amide bonds. The Hall–Kier alpha value is -2.56. The van der Waals surface area contributed by atoms with Crippen molar-refractivity contribution in [2.75, 3.05) is 5.32 Å². The maximum atomic E-state index is 11.5. The minimum absolute atomic E-state index is 0.217. The molecule has 5 heteroatoms. The van der Waals surface area contributed by atoms with E-state index in [1.54, 1.807) is 30.4 Å². The molecule has 1 aromatic carbocycles. The molecule has 0 fully saturated rings. The van der Waals surface area contributed by atoms with Crippen LogP contribution in [0.3, 0.4) is 0 Å².